The van der Waals surface area contributed by atoms with Gasteiger partial charge in [0.2, 0.25) is 5.91 Å². The van der Waals surface area contributed by atoms with E-state index in [4.69, 9.17) is 0 Å². The summed E-state index contributed by atoms with van der Waals surface area (Å²) in [6.45, 7) is 3.03. The van der Waals surface area contributed by atoms with Crippen molar-refractivity contribution in [3.05, 3.63) is 23.8 Å². The standard InChI is InChI=1S/C16H23N3O2S/c1-11(20)18-14-7-6-12(9-15(14)22-3)16(21)19-8-4-5-13(10-19)17-2/h6-7,9,13,17H,4-5,8,10H2,1-3H3,(H,18,20). The summed E-state index contributed by atoms with van der Waals surface area (Å²) in [6, 6.07) is 5.83. The van der Waals surface area contributed by atoms with Crippen LogP contribution in [-0.4, -0.2) is 49.1 Å². The number of hydrogen-bond acceptors (Lipinski definition) is 4. The minimum atomic E-state index is -0.109. The summed E-state index contributed by atoms with van der Waals surface area (Å²) >= 11 is 1.52. The molecule has 0 aromatic heterocycles. The number of rotatable bonds is 4. The van der Waals surface area contributed by atoms with Gasteiger partial charge in [-0.15, -0.1) is 11.8 Å². The van der Waals surface area contributed by atoms with E-state index in [-0.39, 0.29) is 11.8 Å². The van der Waals surface area contributed by atoms with Gasteiger partial charge in [0.25, 0.3) is 5.91 Å². The van der Waals surface area contributed by atoms with Crippen molar-refractivity contribution in [2.45, 2.75) is 30.7 Å². The van der Waals surface area contributed by atoms with E-state index >= 15 is 0 Å². The highest BCUT2D eigenvalue weighted by molar-refractivity contribution is 7.98. The highest BCUT2D eigenvalue weighted by atomic mass is 32.2. The number of anilines is 1. The number of thioether (sulfide) groups is 1. The number of nitrogens with zero attached hydrogens (tertiary/aromatic N) is 1. The van der Waals surface area contributed by atoms with Gasteiger partial charge in [0, 0.05) is 36.5 Å². The van der Waals surface area contributed by atoms with Crippen LogP contribution in [-0.2, 0) is 4.79 Å². The molecule has 1 atom stereocenters. The Hall–Kier alpha value is -1.53. The first-order valence-corrected chi connectivity index (χ1v) is 8.69. The smallest absolute Gasteiger partial charge is 0.253 e. The van der Waals surface area contributed by atoms with Crippen LogP contribution in [0.3, 0.4) is 0 Å². The molecule has 22 heavy (non-hydrogen) atoms. The first kappa shape index (κ1) is 16.8. The van der Waals surface area contributed by atoms with E-state index in [2.05, 4.69) is 10.6 Å². The molecule has 1 aromatic carbocycles. The fourth-order valence-electron chi connectivity index (χ4n) is 2.70. The van der Waals surface area contributed by atoms with Gasteiger partial charge < -0.3 is 15.5 Å². The molecular weight excluding hydrogens is 298 g/mol. The third kappa shape index (κ3) is 4.01. The van der Waals surface area contributed by atoms with Gasteiger partial charge in [-0.2, -0.15) is 0 Å². The van der Waals surface area contributed by atoms with E-state index < -0.39 is 0 Å². The molecular formula is C16H23N3O2S. The number of benzene rings is 1. The lowest BCUT2D eigenvalue weighted by Gasteiger charge is -2.32. The molecule has 0 aliphatic carbocycles. The lowest BCUT2D eigenvalue weighted by atomic mass is 10.0. The Morgan fingerprint density at radius 2 is 2.14 bits per heavy atom. The highest BCUT2D eigenvalue weighted by Gasteiger charge is 2.24. The Kier molecular flexibility index (Phi) is 5.85. The number of hydrogen-bond donors (Lipinski definition) is 2. The van der Waals surface area contributed by atoms with Gasteiger partial charge in [0.15, 0.2) is 0 Å². The molecule has 0 bridgehead atoms. The van der Waals surface area contributed by atoms with Crippen molar-refractivity contribution in [1.29, 1.82) is 0 Å². The zero-order valence-corrected chi connectivity index (χ0v) is 14.1. The Bertz CT molecular complexity index is 562. The summed E-state index contributed by atoms with van der Waals surface area (Å²) in [5, 5.41) is 6.04. The normalized spacial score (nSPS) is 18.1. The van der Waals surface area contributed by atoms with Crippen molar-refractivity contribution in [3.63, 3.8) is 0 Å². The van der Waals surface area contributed by atoms with Crippen LogP contribution < -0.4 is 10.6 Å². The molecule has 1 aromatic rings. The van der Waals surface area contributed by atoms with E-state index in [1.54, 1.807) is 12.1 Å². The lowest BCUT2D eigenvalue weighted by Crippen LogP contribution is -2.46. The molecule has 0 saturated carbocycles. The molecule has 5 nitrogen and oxygen atoms in total. The van der Waals surface area contributed by atoms with Gasteiger partial charge in [-0.1, -0.05) is 0 Å². The fraction of sp³-hybridized carbons (Fsp3) is 0.500. The van der Waals surface area contributed by atoms with Crippen molar-refractivity contribution >= 4 is 29.3 Å². The quantitative estimate of drug-likeness (QED) is 0.835. The van der Waals surface area contributed by atoms with Gasteiger partial charge in [-0.3, -0.25) is 9.59 Å². The fourth-order valence-corrected chi connectivity index (χ4v) is 3.28. The number of likely N-dealkylation sites (N-methyl/N-ethyl adjacent to an activating group) is 1. The Labute approximate surface area is 135 Å². The van der Waals surface area contributed by atoms with Crippen molar-refractivity contribution in [3.8, 4) is 0 Å². The van der Waals surface area contributed by atoms with Crippen molar-refractivity contribution in [1.82, 2.24) is 10.2 Å². The van der Waals surface area contributed by atoms with Crippen LogP contribution in [0.25, 0.3) is 0 Å². The monoisotopic (exact) mass is 321 g/mol. The topological polar surface area (TPSA) is 61.4 Å². The third-order valence-corrected chi connectivity index (χ3v) is 4.65. The summed E-state index contributed by atoms with van der Waals surface area (Å²) in [4.78, 5) is 26.7. The van der Waals surface area contributed by atoms with E-state index in [0.29, 0.717) is 11.6 Å². The molecule has 1 aliphatic rings. The number of likely N-dealkylation sites (tertiary alicyclic amines) is 1. The second kappa shape index (κ2) is 7.65. The predicted molar refractivity (Wildman–Crippen MR) is 90.5 cm³/mol. The first-order chi connectivity index (χ1) is 10.5. The van der Waals surface area contributed by atoms with Crippen LogP contribution in [0.5, 0.6) is 0 Å². The molecule has 1 aliphatic heterocycles. The van der Waals surface area contributed by atoms with Gasteiger partial charge in [0.05, 0.1) is 5.69 Å². The first-order valence-electron chi connectivity index (χ1n) is 7.47. The molecule has 2 N–H and O–H groups in total. The van der Waals surface area contributed by atoms with Crippen LogP contribution in [0.2, 0.25) is 0 Å². The summed E-state index contributed by atoms with van der Waals surface area (Å²) in [5.41, 5.74) is 1.43. The average Bonchev–Trinajstić information content (AvgIpc) is 2.54. The Morgan fingerprint density at radius 3 is 2.77 bits per heavy atom. The van der Waals surface area contributed by atoms with Crippen LogP contribution in [0.1, 0.15) is 30.1 Å². The molecule has 0 spiro atoms. The molecule has 120 valence electrons. The number of piperidine rings is 1. The largest absolute Gasteiger partial charge is 0.337 e. The molecule has 2 rings (SSSR count). The summed E-state index contributed by atoms with van der Waals surface area (Å²) < 4.78 is 0. The average molecular weight is 321 g/mol. The maximum absolute atomic E-state index is 12.7. The maximum Gasteiger partial charge on any atom is 0.253 e. The molecule has 0 radical (unpaired) electrons. The SMILES string of the molecule is CNC1CCCN(C(=O)c2ccc(NC(C)=O)c(SC)c2)C1. The van der Waals surface area contributed by atoms with Gasteiger partial charge in [-0.25, -0.2) is 0 Å². The zero-order valence-electron chi connectivity index (χ0n) is 13.3. The van der Waals surface area contributed by atoms with Crippen LogP contribution in [0, 0.1) is 0 Å². The third-order valence-electron chi connectivity index (χ3n) is 3.88. The van der Waals surface area contributed by atoms with Gasteiger partial charge >= 0.3 is 0 Å². The number of carbonyl (C=O) groups excluding carboxylic acids is 2. The van der Waals surface area contributed by atoms with Gasteiger partial charge in [0.1, 0.15) is 0 Å². The van der Waals surface area contributed by atoms with E-state index in [0.717, 1.165) is 36.5 Å². The van der Waals surface area contributed by atoms with E-state index in [1.807, 2.05) is 24.3 Å². The Balaban J connectivity index is 2.17. The summed E-state index contributed by atoms with van der Waals surface area (Å²) in [7, 11) is 1.94. The minimum Gasteiger partial charge on any atom is -0.337 e. The van der Waals surface area contributed by atoms with Crippen molar-refractivity contribution < 1.29 is 9.59 Å². The highest BCUT2D eigenvalue weighted by Crippen LogP contribution is 2.27. The summed E-state index contributed by atoms with van der Waals surface area (Å²) in [6.07, 6.45) is 4.07. The van der Waals surface area contributed by atoms with Gasteiger partial charge in [-0.05, 0) is 44.3 Å². The minimum absolute atomic E-state index is 0.0598. The Morgan fingerprint density at radius 1 is 1.36 bits per heavy atom. The summed E-state index contributed by atoms with van der Waals surface area (Å²) in [5.74, 6) is -0.0492. The maximum atomic E-state index is 12.7. The van der Waals surface area contributed by atoms with Crippen LogP contribution in [0.4, 0.5) is 5.69 Å². The molecule has 1 unspecified atom stereocenters. The second-order valence-corrected chi connectivity index (χ2v) is 6.32. The number of carbonyl (C=O) groups is 2. The molecule has 1 fully saturated rings. The molecule has 6 heteroatoms. The van der Waals surface area contributed by atoms with Crippen molar-refractivity contribution in [2.75, 3.05) is 31.7 Å². The van der Waals surface area contributed by atoms with Crippen LogP contribution >= 0.6 is 11.8 Å². The molecule has 1 saturated heterocycles. The van der Waals surface area contributed by atoms with Crippen LogP contribution in [0.15, 0.2) is 23.1 Å². The van der Waals surface area contributed by atoms with E-state index in [9.17, 15) is 9.59 Å². The number of nitrogens with one attached hydrogen (secondary N) is 2. The molecule has 2 amide bonds. The number of amides is 2. The lowest BCUT2D eigenvalue weighted by molar-refractivity contribution is -0.114. The zero-order chi connectivity index (χ0) is 16.1. The second-order valence-electron chi connectivity index (χ2n) is 5.48. The molecule has 1 heterocycles. The predicted octanol–water partition coefficient (Wildman–Crippen LogP) is 2.19. The van der Waals surface area contributed by atoms with Crippen molar-refractivity contribution in [2.24, 2.45) is 0 Å². The van der Waals surface area contributed by atoms with E-state index in [1.165, 1.54) is 18.7 Å².